The Hall–Kier alpha value is -2.02. The van der Waals surface area contributed by atoms with Crippen molar-refractivity contribution in [3.8, 4) is 5.75 Å². The lowest BCUT2D eigenvalue weighted by Crippen LogP contribution is -2.42. The fraction of sp³-hybridized carbons (Fsp3) is 0.478. The SMILES string of the molecule is Cc1ccc2c(c1O)C[C@@H](C1CCN(Cc3ccc(F)cc3F)CC1)O[C@H]2CN. The Morgan fingerprint density at radius 2 is 1.93 bits per heavy atom. The molecule has 0 aliphatic carbocycles. The minimum Gasteiger partial charge on any atom is -0.507 e. The molecule has 2 atom stereocenters. The van der Waals surface area contributed by atoms with E-state index in [0.717, 1.165) is 48.7 Å². The van der Waals surface area contributed by atoms with E-state index in [2.05, 4.69) is 4.90 Å². The molecule has 2 aliphatic heterocycles. The van der Waals surface area contributed by atoms with E-state index in [1.807, 2.05) is 19.1 Å². The van der Waals surface area contributed by atoms with Crippen LogP contribution in [0.2, 0.25) is 0 Å². The largest absolute Gasteiger partial charge is 0.507 e. The van der Waals surface area contributed by atoms with Gasteiger partial charge in [-0.2, -0.15) is 0 Å². The number of aromatic hydroxyl groups is 1. The molecular formula is C23H28F2N2O2. The number of nitrogens with two attached hydrogens (primary N) is 1. The van der Waals surface area contributed by atoms with Crippen molar-refractivity contribution in [1.82, 2.24) is 4.90 Å². The van der Waals surface area contributed by atoms with Crippen molar-refractivity contribution in [1.29, 1.82) is 0 Å². The third kappa shape index (κ3) is 4.15. The first-order chi connectivity index (χ1) is 14.0. The average Bonchev–Trinajstić information content (AvgIpc) is 2.72. The highest BCUT2D eigenvalue weighted by Crippen LogP contribution is 2.40. The van der Waals surface area contributed by atoms with Crippen LogP contribution in [-0.2, 0) is 17.7 Å². The number of piperidine rings is 1. The monoisotopic (exact) mass is 402 g/mol. The van der Waals surface area contributed by atoms with Crippen LogP contribution in [0.4, 0.5) is 8.78 Å². The molecule has 2 aliphatic rings. The molecule has 4 nitrogen and oxygen atoms in total. The third-order valence-electron chi connectivity index (χ3n) is 6.39. The Bertz CT molecular complexity index is 881. The molecule has 1 fully saturated rings. The Morgan fingerprint density at radius 1 is 1.17 bits per heavy atom. The van der Waals surface area contributed by atoms with Crippen LogP contribution in [0.3, 0.4) is 0 Å². The van der Waals surface area contributed by atoms with Crippen LogP contribution in [0, 0.1) is 24.5 Å². The van der Waals surface area contributed by atoms with Gasteiger partial charge in [0.05, 0.1) is 12.2 Å². The smallest absolute Gasteiger partial charge is 0.130 e. The second kappa shape index (κ2) is 8.38. The van der Waals surface area contributed by atoms with E-state index < -0.39 is 11.6 Å². The number of phenols is 1. The number of hydrogen-bond acceptors (Lipinski definition) is 4. The van der Waals surface area contributed by atoms with Gasteiger partial charge in [0.1, 0.15) is 17.4 Å². The molecule has 0 saturated carbocycles. The zero-order valence-electron chi connectivity index (χ0n) is 16.7. The topological polar surface area (TPSA) is 58.7 Å². The molecule has 0 spiro atoms. The molecule has 6 heteroatoms. The van der Waals surface area contributed by atoms with Crippen molar-refractivity contribution in [3.05, 3.63) is 64.2 Å². The fourth-order valence-corrected chi connectivity index (χ4v) is 4.65. The number of rotatable bonds is 4. The summed E-state index contributed by atoms with van der Waals surface area (Å²) in [6, 6.07) is 7.69. The lowest BCUT2D eigenvalue weighted by molar-refractivity contribution is -0.0651. The molecule has 0 radical (unpaired) electrons. The van der Waals surface area contributed by atoms with Gasteiger partial charge in [-0.25, -0.2) is 8.78 Å². The standard InChI is InChI=1S/C23H28F2N2O2/c1-14-2-5-18-19(23(14)28)11-21(29-22(18)12-26)15-6-8-27(9-7-15)13-16-3-4-17(24)10-20(16)25/h2-5,10,15,21-22,28H,6-9,11-13,26H2,1H3/t21-,22-/m0/s1. The Morgan fingerprint density at radius 3 is 2.62 bits per heavy atom. The second-order valence-electron chi connectivity index (χ2n) is 8.25. The van der Waals surface area contributed by atoms with Gasteiger partial charge in [-0.3, -0.25) is 4.90 Å². The summed E-state index contributed by atoms with van der Waals surface area (Å²) in [6.45, 7) is 4.44. The maximum Gasteiger partial charge on any atom is 0.130 e. The van der Waals surface area contributed by atoms with Gasteiger partial charge in [-0.05, 0) is 56.0 Å². The number of phenolic OH excluding ortho intramolecular Hbond substituents is 1. The summed E-state index contributed by atoms with van der Waals surface area (Å²) in [6.07, 6.45) is 2.39. The van der Waals surface area contributed by atoms with Crippen LogP contribution < -0.4 is 5.73 Å². The van der Waals surface area contributed by atoms with Crippen molar-refractivity contribution >= 4 is 0 Å². The van der Waals surface area contributed by atoms with E-state index in [1.54, 1.807) is 0 Å². The average molecular weight is 402 g/mol. The number of hydrogen-bond donors (Lipinski definition) is 2. The van der Waals surface area contributed by atoms with Gasteiger partial charge in [-0.1, -0.05) is 18.2 Å². The first kappa shape index (κ1) is 20.3. The van der Waals surface area contributed by atoms with Crippen LogP contribution in [0.1, 0.15) is 41.2 Å². The van der Waals surface area contributed by atoms with E-state index in [4.69, 9.17) is 10.5 Å². The van der Waals surface area contributed by atoms with Crippen molar-refractivity contribution in [2.45, 2.75) is 44.9 Å². The number of benzene rings is 2. The molecule has 0 unspecified atom stereocenters. The van der Waals surface area contributed by atoms with Gasteiger partial charge in [0.25, 0.3) is 0 Å². The van der Waals surface area contributed by atoms with E-state index in [0.29, 0.717) is 36.7 Å². The van der Waals surface area contributed by atoms with Crippen molar-refractivity contribution in [2.24, 2.45) is 11.7 Å². The number of likely N-dealkylation sites (tertiary alicyclic amines) is 1. The molecular weight excluding hydrogens is 374 g/mol. The maximum atomic E-state index is 13.9. The third-order valence-corrected chi connectivity index (χ3v) is 6.39. The Labute approximate surface area is 170 Å². The van der Waals surface area contributed by atoms with Crippen LogP contribution >= 0.6 is 0 Å². The van der Waals surface area contributed by atoms with Crippen LogP contribution in [0.15, 0.2) is 30.3 Å². The molecule has 1 saturated heterocycles. The molecule has 4 rings (SSSR count). The van der Waals surface area contributed by atoms with Crippen molar-refractivity contribution < 1.29 is 18.6 Å². The zero-order valence-corrected chi connectivity index (χ0v) is 16.7. The highest BCUT2D eigenvalue weighted by molar-refractivity contribution is 5.47. The summed E-state index contributed by atoms with van der Waals surface area (Å²) >= 11 is 0. The van der Waals surface area contributed by atoms with Gasteiger partial charge >= 0.3 is 0 Å². The molecule has 2 aromatic rings. The summed E-state index contributed by atoms with van der Waals surface area (Å²) < 4.78 is 33.4. The van der Waals surface area contributed by atoms with Gasteiger partial charge in [0.2, 0.25) is 0 Å². The normalized spacial score (nSPS) is 23.2. The maximum absolute atomic E-state index is 13.9. The quantitative estimate of drug-likeness (QED) is 0.816. The summed E-state index contributed by atoms with van der Waals surface area (Å²) in [5.74, 6) is -0.312. The molecule has 0 bridgehead atoms. The number of nitrogens with zero attached hydrogens (tertiary/aromatic N) is 1. The zero-order chi connectivity index (χ0) is 20.5. The van der Waals surface area contributed by atoms with E-state index in [-0.39, 0.29) is 12.2 Å². The molecule has 2 aromatic carbocycles. The first-order valence-electron chi connectivity index (χ1n) is 10.3. The van der Waals surface area contributed by atoms with Crippen molar-refractivity contribution in [2.75, 3.05) is 19.6 Å². The van der Waals surface area contributed by atoms with E-state index >= 15 is 0 Å². The lowest BCUT2D eigenvalue weighted by atomic mass is 9.83. The second-order valence-corrected chi connectivity index (χ2v) is 8.25. The highest BCUT2D eigenvalue weighted by Gasteiger charge is 2.35. The molecule has 2 heterocycles. The van der Waals surface area contributed by atoms with E-state index in [9.17, 15) is 13.9 Å². The van der Waals surface area contributed by atoms with Crippen molar-refractivity contribution in [3.63, 3.8) is 0 Å². The first-order valence-corrected chi connectivity index (χ1v) is 10.3. The molecule has 156 valence electrons. The Kier molecular flexibility index (Phi) is 5.86. The summed E-state index contributed by atoms with van der Waals surface area (Å²) in [4.78, 5) is 2.20. The summed E-state index contributed by atoms with van der Waals surface area (Å²) in [5.41, 5.74) is 9.31. The minimum absolute atomic E-state index is 0.0217. The molecule has 0 aromatic heterocycles. The summed E-state index contributed by atoms with van der Waals surface area (Å²) in [7, 11) is 0. The molecule has 29 heavy (non-hydrogen) atoms. The van der Waals surface area contributed by atoms with Gasteiger partial charge < -0.3 is 15.6 Å². The number of aryl methyl sites for hydroxylation is 1. The minimum atomic E-state index is -0.548. The van der Waals surface area contributed by atoms with E-state index in [1.165, 1.54) is 12.1 Å². The number of ether oxygens (including phenoxy) is 1. The van der Waals surface area contributed by atoms with Gasteiger partial charge in [-0.15, -0.1) is 0 Å². The highest BCUT2D eigenvalue weighted by atomic mass is 19.1. The fourth-order valence-electron chi connectivity index (χ4n) is 4.65. The Balaban J connectivity index is 1.41. The lowest BCUT2D eigenvalue weighted by Gasteiger charge is -2.40. The number of fused-ring (bicyclic) bond motifs is 1. The van der Waals surface area contributed by atoms with Gasteiger partial charge in [0.15, 0.2) is 0 Å². The van der Waals surface area contributed by atoms with Crippen LogP contribution in [0.5, 0.6) is 5.75 Å². The van der Waals surface area contributed by atoms with Crippen LogP contribution in [-0.4, -0.2) is 35.7 Å². The van der Waals surface area contributed by atoms with Crippen LogP contribution in [0.25, 0.3) is 0 Å². The molecule has 3 N–H and O–H groups in total. The predicted molar refractivity (Wildman–Crippen MR) is 108 cm³/mol. The molecule has 0 amide bonds. The number of halogens is 2. The predicted octanol–water partition coefficient (Wildman–Crippen LogP) is 3.83. The summed E-state index contributed by atoms with van der Waals surface area (Å²) in [5, 5.41) is 10.6. The van der Waals surface area contributed by atoms with Gasteiger partial charge in [0, 0.05) is 36.7 Å².